The van der Waals surface area contributed by atoms with E-state index in [0.717, 1.165) is 4.57 Å². The Balaban J connectivity index is 2.22. The first-order valence-electron chi connectivity index (χ1n) is 10.1. The van der Waals surface area contributed by atoms with Crippen molar-refractivity contribution in [2.75, 3.05) is 12.4 Å². The minimum atomic E-state index is -1.28. The number of ketones is 1. The summed E-state index contributed by atoms with van der Waals surface area (Å²) in [6, 6.07) is 1.52. The van der Waals surface area contributed by atoms with Crippen LogP contribution < -0.4 is 21.5 Å². The number of aromatic nitrogens is 2. The first-order valence-corrected chi connectivity index (χ1v) is 10.1. The number of likely N-dealkylation sites (N-methyl/N-ethyl adjacent to an activating group) is 1. The molecule has 2 aromatic heterocycles. The molecule has 2 rings (SSSR count). The molecule has 0 bridgehead atoms. The Morgan fingerprint density at radius 2 is 1.97 bits per heavy atom. The third kappa shape index (κ3) is 6.69. The number of nitrogens with one attached hydrogen (secondary N) is 3. The lowest BCUT2D eigenvalue weighted by atomic mass is 10.1. The van der Waals surface area contributed by atoms with Gasteiger partial charge in [0, 0.05) is 25.6 Å². The van der Waals surface area contributed by atoms with Crippen molar-refractivity contribution in [2.45, 2.75) is 45.2 Å². The molecule has 0 aromatic carbocycles. The molecule has 1 unspecified atom stereocenters. The number of anilines is 1. The van der Waals surface area contributed by atoms with Gasteiger partial charge < -0.3 is 29.7 Å². The van der Waals surface area contributed by atoms with Gasteiger partial charge in [-0.05, 0) is 18.6 Å². The van der Waals surface area contributed by atoms with Crippen LogP contribution in [-0.2, 0) is 25.7 Å². The van der Waals surface area contributed by atoms with Crippen molar-refractivity contribution in [3.05, 3.63) is 46.5 Å². The quantitative estimate of drug-likeness (QED) is 0.311. The summed E-state index contributed by atoms with van der Waals surface area (Å²) in [5, 5.41) is 7.03. The molecule has 33 heavy (non-hydrogen) atoms. The van der Waals surface area contributed by atoms with E-state index in [1.807, 2.05) is 13.8 Å². The summed E-state index contributed by atoms with van der Waals surface area (Å²) in [6.07, 6.45) is 2.57. The summed E-state index contributed by atoms with van der Waals surface area (Å²) in [6.45, 7) is 3.45. The van der Waals surface area contributed by atoms with Crippen molar-refractivity contribution in [2.24, 2.45) is 0 Å². The molecule has 2 heterocycles. The number of hydrogen-bond donors (Lipinski definition) is 3. The zero-order valence-electron chi connectivity index (χ0n) is 18.4. The van der Waals surface area contributed by atoms with Gasteiger partial charge in [0.05, 0.1) is 12.7 Å². The van der Waals surface area contributed by atoms with Crippen LogP contribution >= 0.6 is 0 Å². The third-order valence-electron chi connectivity index (χ3n) is 4.55. The molecule has 3 amide bonds. The standard InChI is InChI=1S/C21H25N5O7/c1-12(2)20-23-11-16(33-20)19(31)24-13(6-7-15(28)18(30)22-3)17(29)25-14-5-4-8-26(9-10-27)21(14)32/h4-5,8,10-13H,6-7,9H2,1-3H3,(H,22,30)(H,24,31)(H,25,29). The predicted octanol–water partition coefficient (Wildman–Crippen LogP) is -0.00900. The predicted molar refractivity (Wildman–Crippen MR) is 116 cm³/mol. The van der Waals surface area contributed by atoms with E-state index in [4.69, 9.17) is 4.42 Å². The summed E-state index contributed by atoms with van der Waals surface area (Å²) in [5.41, 5.74) is -0.746. The molecular weight excluding hydrogens is 434 g/mol. The fourth-order valence-electron chi connectivity index (χ4n) is 2.76. The first-order chi connectivity index (χ1) is 15.7. The summed E-state index contributed by atoms with van der Waals surface area (Å²) in [4.78, 5) is 76.0. The minimum absolute atomic E-state index is 0.0672. The highest BCUT2D eigenvalue weighted by Gasteiger charge is 2.26. The van der Waals surface area contributed by atoms with Gasteiger partial charge in [0.15, 0.2) is 5.89 Å². The lowest BCUT2D eigenvalue weighted by Gasteiger charge is -2.17. The second-order valence-electron chi connectivity index (χ2n) is 7.32. The topological polar surface area (TPSA) is 169 Å². The van der Waals surface area contributed by atoms with E-state index < -0.39 is 35.1 Å². The van der Waals surface area contributed by atoms with Crippen LogP contribution in [0.25, 0.3) is 0 Å². The summed E-state index contributed by atoms with van der Waals surface area (Å²) < 4.78 is 6.47. The van der Waals surface area contributed by atoms with Crippen LogP contribution in [0.5, 0.6) is 0 Å². The summed E-state index contributed by atoms with van der Waals surface area (Å²) in [7, 11) is 1.29. The van der Waals surface area contributed by atoms with Gasteiger partial charge in [-0.3, -0.25) is 24.0 Å². The monoisotopic (exact) mass is 459 g/mol. The Labute approximate surface area is 188 Å². The highest BCUT2D eigenvalue weighted by atomic mass is 16.4. The first kappa shape index (κ1) is 25.2. The Kier molecular flexibility index (Phi) is 8.78. The highest BCUT2D eigenvalue weighted by Crippen LogP contribution is 2.14. The van der Waals surface area contributed by atoms with Crippen LogP contribution in [-0.4, -0.2) is 52.4 Å². The molecule has 12 heteroatoms. The van der Waals surface area contributed by atoms with E-state index in [1.165, 1.54) is 31.6 Å². The molecule has 0 saturated heterocycles. The van der Waals surface area contributed by atoms with E-state index >= 15 is 0 Å². The number of carbonyl (C=O) groups is 5. The zero-order valence-corrected chi connectivity index (χ0v) is 18.4. The van der Waals surface area contributed by atoms with Gasteiger partial charge >= 0.3 is 0 Å². The molecular formula is C21H25N5O7. The fourth-order valence-corrected chi connectivity index (χ4v) is 2.76. The summed E-state index contributed by atoms with van der Waals surface area (Å²) >= 11 is 0. The second-order valence-corrected chi connectivity index (χ2v) is 7.32. The number of pyridine rings is 1. The molecule has 0 fully saturated rings. The smallest absolute Gasteiger partial charge is 0.289 e. The van der Waals surface area contributed by atoms with Crippen molar-refractivity contribution in [1.82, 2.24) is 20.2 Å². The Bertz CT molecular complexity index is 1100. The number of rotatable bonds is 11. The SMILES string of the molecule is CNC(=O)C(=O)CCC(NC(=O)c1cnc(C(C)C)o1)C(=O)Nc1cccn(CC=O)c1=O. The second kappa shape index (κ2) is 11.5. The van der Waals surface area contributed by atoms with Gasteiger partial charge in [0.2, 0.25) is 17.5 Å². The average Bonchev–Trinajstić information content (AvgIpc) is 3.29. The van der Waals surface area contributed by atoms with Crippen molar-refractivity contribution in [3.63, 3.8) is 0 Å². The van der Waals surface area contributed by atoms with Gasteiger partial charge in [-0.2, -0.15) is 0 Å². The molecule has 0 aliphatic carbocycles. The molecule has 0 saturated carbocycles. The molecule has 1 atom stereocenters. The Morgan fingerprint density at radius 3 is 2.58 bits per heavy atom. The lowest BCUT2D eigenvalue weighted by Crippen LogP contribution is -2.45. The van der Waals surface area contributed by atoms with Gasteiger partial charge in [0.1, 0.15) is 18.0 Å². The highest BCUT2D eigenvalue weighted by molar-refractivity contribution is 6.36. The normalized spacial score (nSPS) is 11.5. The van der Waals surface area contributed by atoms with Gasteiger partial charge in [-0.15, -0.1) is 0 Å². The molecule has 3 N–H and O–H groups in total. The van der Waals surface area contributed by atoms with Gasteiger partial charge in [-0.25, -0.2) is 4.98 Å². The number of Topliss-reactive ketones (excluding diaryl/α,β-unsaturated/α-hetero) is 1. The average molecular weight is 459 g/mol. The Morgan fingerprint density at radius 1 is 1.24 bits per heavy atom. The van der Waals surface area contributed by atoms with Crippen LogP contribution in [0.4, 0.5) is 5.69 Å². The number of amides is 3. The number of oxazole rings is 1. The minimum Gasteiger partial charge on any atom is -0.435 e. The van der Waals surface area contributed by atoms with Crippen molar-refractivity contribution in [3.8, 4) is 0 Å². The van der Waals surface area contributed by atoms with Crippen molar-refractivity contribution >= 4 is 35.5 Å². The molecule has 0 aliphatic rings. The molecule has 2 aromatic rings. The third-order valence-corrected chi connectivity index (χ3v) is 4.55. The maximum atomic E-state index is 12.9. The van der Waals surface area contributed by atoms with Crippen LogP contribution in [0.15, 0.2) is 33.7 Å². The van der Waals surface area contributed by atoms with Crippen LogP contribution in [0.3, 0.4) is 0 Å². The van der Waals surface area contributed by atoms with E-state index in [1.54, 1.807) is 0 Å². The zero-order chi connectivity index (χ0) is 24.5. The van der Waals surface area contributed by atoms with E-state index in [0.29, 0.717) is 12.2 Å². The van der Waals surface area contributed by atoms with Crippen LogP contribution in [0.2, 0.25) is 0 Å². The number of hydrogen-bond acceptors (Lipinski definition) is 8. The van der Waals surface area contributed by atoms with E-state index in [-0.39, 0.29) is 36.8 Å². The summed E-state index contributed by atoms with van der Waals surface area (Å²) in [5.74, 6) is -3.04. The van der Waals surface area contributed by atoms with Crippen molar-refractivity contribution in [1.29, 1.82) is 0 Å². The van der Waals surface area contributed by atoms with Gasteiger partial charge in [0.25, 0.3) is 17.4 Å². The number of aldehydes is 1. The lowest BCUT2D eigenvalue weighted by molar-refractivity contribution is -0.137. The fraction of sp³-hybridized carbons (Fsp3) is 0.381. The maximum Gasteiger partial charge on any atom is 0.289 e. The molecule has 0 radical (unpaired) electrons. The van der Waals surface area contributed by atoms with Gasteiger partial charge in [-0.1, -0.05) is 13.8 Å². The molecule has 0 aliphatic heterocycles. The molecule has 176 valence electrons. The molecule has 0 spiro atoms. The van der Waals surface area contributed by atoms with Crippen LogP contribution in [0.1, 0.15) is 49.1 Å². The van der Waals surface area contributed by atoms with Crippen molar-refractivity contribution < 1.29 is 28.4 Å². The van der Waals surface area contributed by atoms with Crippen LogP contribution in [0, 0.1) is 0 Å². The van der Waals surface area contributed by atoms with E-state index in [9.17, 15) is 28.8 Å². The Hall–Kier alpha value is -4.09. The maximum absolute atomic E-state index is 12.9. The molecule has 12 nitrogen and oxygen atoms in total. The number of nitrogens with zero attached hydrogens (tertiary/aromatic N) is 2. The largest absolute Gasteiger partial charge is 0.435 e. The number of carbonyl (C=O) groups excluding carboxylic acids is 5. The van der Waals surface area contributed by atoms with E-state index in [2.05, 4.69) is 20.9 Å².